The third kappa shape index (κ3) is 3.40. The molecule has 1 nitrogen and oxygen atoms in total. The van der Waals surface area contributed by atoms with Crippen LogP contribution in [0.2, 0.25) is 0 Å². The van der Waals surface area contributed by atoms with Crippen molar-refractivity contribution in [2.75, 3.05) is 0 Å². The summed E-state index contributed by atoms with van der Waals surface area (Å²) in [6.07, 6.45) is 6.08. The van der Waals surface area contributed by atoms with Gasteiger partial charge in [0.25, 0.3) is 0 Å². The summed E-state index contributed by atoms with van der Waals surface area (Å²) >= 11 is 0. The Hall–Kier alpha value is -1.26. The highest BCUT2D eigenvalue weighted by Crippen LogP contribution is 2.19. The molecule has 0 bridgehead atoms. The van der Waals surface area contributed by atoms with E-state index < -0.39 is 0 Å². The zero-order valence-corrected chi connectivity index (χ0v) is 10.7. The fourth-order valence-corrected chi connectivity index (χ4v) is 2.06. The van der Waals surface area contributed by atoms with Gasteiger partial charge in [-0.15, -0.1) is 12.3 Å². The van der Waals surface area contributed by atoms with Gasteiger partial charge in [0.1, 0.15) is 0 Å². The molecule has 86 valence electrons. The lowest BCUT2D eigenvalue weighted by atomic mass is 9.99. The monoisotopic (exact) mass is 215 g/mol. The van der Waals surface area contributed by atoms with Gasteiger partial charge in [0.05, 0.1) is 0 Å². The molecule has 0 spiro atoms. The van der Waals surface area contributed by atoms with Crippen LogP contribution in [0, 0.1) is 26.2 Å². The molecule has 16 heavy (non-hydrogen) atoms. The normalized spacial score (nSPS) is 14.2. The maximum Gasteiger partial charge on any atom is 0.0297 e. The maximum absolute atomic E-state index is 5.30. The van der Waals surface area contributed by atoms with Crippen molar-refractivity contribution in [3.05, 3.63) is 34.9 Å². The second-order valence-corrected chi connectivity index (χ2v) is 4.56. The van der Waals surface area contributed by atoms with Crippen molar-refractivity contribution in [2.24, 2.45) is 0 Å². The molecule has 0 radical (unpaired) electrons. The Bertz CT molecular complexity index is 387. The highest BCUT2D eigenvalue weighted by atomic mass is 14.9. The molecule has 0 fully saturated rings. The Morgan fingerprint density at radius 1 is 1.31 bits per heavy atom. The number of rotatable bonds is 4. The molecule has 0 amide bonds. The fourth-order valence-electron chi connectivity index (χ4n) is 2.06. The minimum absolute atomic E-state index is 0.351. The summed E-state index contributed by atoms with van der Waals surface area (Å²) in [5.74, 6) is 2.69. The van der Waals surface area contributed by atoms with Gasteiger partial charge in [0.15, 0.2) is 0 Å². The van der Waals surface area contributed by atoms with Crippen LogP contribution in [0.15, 0.2) is 18.2 Å². The average molecular weight is 215 g/mol. The van der Waals surface area contributed by atoms with E-state index >= 15 is 0 Å². The van der Waals surface area contributed by atoms with E-state index in [1.165, 1.54) is 16.7 Å². The van der Waals surface area contributed by atoms with E-state index in [1.807, 2.05) is 0 Å². The van der Waals surface area contributed by atoms with Crippen LogP contribution in [-0.2, 0) is 0 Å². The van der Waals surface area contributed by atoms with Crippen LogP contribution in [0.3, 0.4) is 0 Å². The first kappa shape index (κ1) is 12.8. The number of hydrogen-bond donors (Lipinski definition) is 1. The quantitative estimate of drug-likeness (QED) is 0.759. The van der Waals surface area contributed by atoms with Gasteiger partial charge in [-0.05, 0) is 38.8 Å². The summed E-state index contributed by atoms with van der Waals surface area (Å²) in [4.78, 5) is 0. The second-order valence-electron chi connectivity index (χ2n) is 4.56. The molecule has 1 aromatic rings. The molecular formula is C15H21N. The largest absolute Gasteiger partial charge is 0.307 e. The summed E-state index contributed by atoms with van der Waals surface area (Å²) in [6.45, 7) is 8.59. The lowest BCUT2D eigenvalue weighted by molar-refractivity contribution is 0.485. The Labute approximate surface area is 99.3 Å². The number of terminal acetylenes is 1. The van der Waals surface area contributed by atoms with E-state index in [2.05, 4.69) is 57.1 Å². The standard InChI is InChI=1S/C15H21N/c1-6-7-13(4)16-14(5)15-9-8-11(2)10-12(15)3/h1,8-10,13-14,16H,7H2,2-5H3. The van der Waals surface area contributed by atoms with Crippen molar-refractivity contribution in [3.63, 3.8) is 0 Å². The summed E-state index contributed by atoms with van der Waals surface area (Å²) in [6, 6.07) is 7.29. The SMILES string of the molecule is C#CCC(C)NC(C)c1ccc(C)cc1C. The molecule has 1 heteroatoms. The molecular weight excluding hydrogens is 194 g/mol. The van der Waals surface area contributed by atoms with Crippen molar-refractivity contribution in [3.8, 4) is 12.3 Å². The minimum atomic E-state index is 0.351. The molecule has 1 aromatic carbocycles. The fraction of sp³-hybridized carbons (Fsp3) is 0.467. The first-order chi connectivity index (χ1) is 7.54. The van der Waals surface area contributed by atoms with Crippen LogP contribution >= 0.6 is 0 Å². The minimum Gasteiger partial charge on any atom is -0.307 e. The molecule has 1 rings (SSSR count). The molecule has 0 heterocycles. The van der Waals surface area contributed by atoms with Crippen LogP contribution in [0.5, 0.6) is 0 Å². The molecule has 0 aromatic heterocycles. The van der Waals surface area contributed by atoms with Gasteiger partial charge >= 0.3 is 0 Å². The topological polar surface area (TPSA) is 12.0 Å². The second kappa shape index (κ2) is 5.72. The Morgan fingerprint density at radius 2 is 2.00 bits per heavy atom. The predicted molar refractivity (Wildman–Crippen MR) is 70.4 cm³/mol. The molecule has 0 saturated carbocycles. The maximum atomic E-state index is 5.30. The third-order valence-corrected chi connectivity index (χ3v) is 2.85. The Balaban J connectivity index is 2.73. The van der Waals surface area contributed by atoms with E-state index in [1.54, 1.807) is 0 Å². The van der Waals surface area contributed by atoms with Gasteiger partial charge < -0.3 is 5.32 Å². The lowest BCUT2D eigenvalue weighted by Crippen LogP contribution is -2.28. The summed E-state index contributed by atoms with van der Waals surface area (Å²) in [5, 5.41) is 3.51. The number of hydrogen-bond acceptors (Lipinski definition) is 1. The van der Waals surface area contributed by atoms with Gasteiger partial charge in [-0.25, -0.2) is 0 Å². The van der Waals surface area contributed by atoms with Crippen LogP contribution in [0.4, 0.5) is 0 Å². The lowest BCUT2D eigenvalue weighted by Gasteiger charge is -2.20. The first-order valence-corrected chi connectivity index (χ1v) is 5.81. The van der Waals surface area contributed by atoms with Crippen molar-refractivity contribution in [1.29, 1.82) is 0 Å². The van der Waals surface area contributed by atoms with E-state index in [0.717, 1.165) is 6.42 Å². The van der Waals surface area contributed by atoms with Crippen molar-refractivity contribution in [1.82, 2.24) is 5.32 Å². The van der Waals surface area contributed by atoms with E-state index in [-0.39, 0.29) is 0 Å². The van der Waals surface area contributed by atoms with E-state index in [0.29, 0.717) is 12.1 Å². The van der Waals surface area contributed by atoms with Gasteiger partial charge in [0, 0.05) is 18.5 Å². The van der Waals surface area contributed by atoms with E-state index in [4.69, 9.17) is 6.42 Å². The average Bonchev–Trinajstić information content (AvgIpc) is 2.17. The van der Waals surface area contributed by atoms with Gasteiger partial charge in [0.2, 0.25) is 0 Å². The number of nitrogens with one attached hydrogen (secondary N) is 1. The van der Waals surface area contributed by atoms with Crippen molar-refractivity contribution >= 4 is 0 Å². The van der Waals surface area contributed by atoms with Gasteiger partial charge in [-0.3, -0.25) is 0 Å². The van der Waals surface area contributed by atoms with Crippen molar-refractivity contribution in [2.45, 2.75) is 46.2 Å². The Morgan fingerprint density at radius 3 is 2.56 bits per heavy atom. The highest BCUT2D eigenvalue weighted by molar-refractivity contribution is 5.32. The van der Waals surface area contributed by atoms with E-state index in [9.17, 15) is 0 Å². The highest BCUT2D eigenvalue weighted by Gasteiger charge is 2.10. The molecule has 1 N–H and O–H groups in total. The zero-order valence-electron chi connectivity index (χ0n) is 10.7. The van der Waals surface area contributed by atoms with Crippen LogP contribution in [-0.4, -0.2) is 6.04 Å². The van der Waals surface area contributed by atoms with Crippen LogP contribution in [0.25, 0.3) is 0 Å². The van der Waals surface area contributed by atoms with Gasteiger partial charge in [-0.2, -0.15) is 0 Å². The number of benzene rings is 1. The third-order valence-electron chi connectivity index (χ3n) is 2.85. The molecule has 0 aliphatic heterocycles. The summed E-state index contributed by atoms with van der Waals surface area (Å²) < 4.78 is 0. The predicted octanol–water partition coefficient (Wildman–Crippen LogP) is 3.37. The first-order valence-electron chi connectivity index (χ1n) is 5.81. The van der Waals surface area contributed by atoms with Crippen molar-refractivity contribution < 1.29 is 0 Å². The smallest absolute Gasteiger partial charge is 0.0297 e. The zero-order chi connectivity index (χ0) is 12.1. The van der Waals surface area contributed by atoms with Crippen LogP contribution in [0.1, 0.15) is 43.0 Å². The molecule has 2 unspecified atom stereocenters. The van der Waals surface area contributed by atoms with Crippen LogP contribution < -0.4 is 5.32 Å². The molecule has 0 saturated heterocycles. The number of aryl methyl sites for hydroxylation is 2. The molecule has 2 atom stereocenters. The molecule has 0 aliphatic carbocycles. The van der Waals surface area contributed by atoms with Gasteiger partial charge in [-0.1, -0.05) is 23.8 Å². The molecule has 0 aliphatic rings. The Kier molecular flexibility index (Phi) is 4.58. The summed E-state index contributed by atoms with van der Waals surface area (Å²) in [5.41, 5.74) is 4.01. The summed E-state index contributed by atoms with van der Waals surface area (Å²) in [7, 11) is 0.